The van der Waals surface area contributed by atoms with Gasteiger partial charge in [-0.05, 0) is 36.8 Å². The fourth-order valence-corrected chi connectivity index (χ4v) is 4.40. The number of sulfonamides is 1. The van der Waals surface area contributed by atoms with Crippen LogP contribution in [0.3, 0.4) is 0 Å². The number of pyridine rings is 1. The first-order valence-corrected chi connectivity index (χ1v) is 10.8. The summed E-state index contributed by atoms with van der Waals surface area (Å²) >= 11 is 0. The van der Waals surface area contributed by atoms with Crippen molar-refractivity contribution in [2.24, 2.45) is 10.4 Å². The number of guanidine groups is 1. The molecular weight excluding hydrogens is 366 g/mol. The molecule has 1 aromatic heterocycles. The highest BCUT2D eigenvalue weighted by molar-refractivity contribution is 7.89. The van der Waals surface area contributed by atoms with Gasteiger partial charge in [0.2, 0.25) is 10.0 Å². The molecule has 3 N–H and O–H groups in total. The van der Waals surface area contributed by atoms with E-state index in [1.165, 1.54) is 37.9 Å². The lowest BCUT2D eigenvalue weighted by molar-refractivity contribution is 0.138. The molecule has 0 bridgehead atoms. The number of rotatable bonds is 10. The number of aromatic nitrogens is 1. The Labute approximate surface area is 162 Å². The number of ether oxygens (including phenoxy) is 1. The van der Waals surface area contributed by atoms with Crippen molar-refractivity contribution < 1.29 is 13.2 Å². The summed E-state index contributed by atoms with van der Waals surface area (Å²) in [5.41, 5.74) is 0.259. The SMILES string of the molecule is CN=C(NCCNS(=O)(=O)c1cccnc1)NCC1(CCOC)CCCC1. The fourth-order valence-electron chi connectivity index (χ4n) is 3.41. The molecular formula is C18H31N5O3S. The Hall–Kier alpha value is -1.71. The highest BCUT2D eigenvalue weighted by Crippen LogP contribution is 2.40. The Morgan fingerprint density at radius 2 is 2.07 bits per heavy atom. The first kappa shape index (κ1) is 21.6. The van der Waals surface area contributed by atoms with E-state index < -0.39 is 10.0 Å². The third-order valence-corrected chi connectivity index (χ3v) is 6.46. The topological polar surface area (TPSA) is 105 Å². The third-order valence-electron chi connectivity index (χ3n) is 5.01. The van der Waals surface area contributed by atoms with Gasteiger partial charge in [0.15, 0.2) is 5.96 Å². The Kier molecular flexibility index (Phi) is 8.46. The zero-order chi connectivity index (χ0) is 19.6. The first-order valence-electron chi connectivity index (χ1n) is 9.34. The summed E-state index contributed by atoms with van der Waals surface area (Å²) in [6.45, 7) is 2.30. The predicted octanol–water partition coefficient (Wildman–Crippen LogP) is 1.12. The molecule has 1 aromatic rings. The van der Waals surface area contributed by atoms with Crippen molar-refractivity contribution in [2.75, 3.05) is 40.4 Å². The zero-order valence-corrected chi connectivity index (χ0v) is 17.0. The van der Waals surface area contributed by atoms with Gasteiger partial charge in [0.25, 0.3) is 0 Å². The van der Waals surface area contributed by atoms with Gasteiger partial charge in [0.1, 0.15) is 4.90 Å². The Bertz CT molecular complexity index is 688. The smallest absolute Gasteiger partial charge is 0.242 e. The lowest BCUT2D eigenvalue weighted by Crippen LogP contribution is -2.45. The monoisotopic (exact) mass is 397 g/mol. The summed E-state index contributed by atoms with van der Waals surface area (Å²) in [5.74, 6) is 0.680. The molecule has 0 aromatic carbocycles. The molecule has 0 unspecified atom stereocenters. The van der Waals surface area contributed by atoms with Crippen molar-refractivity contribution in [2.45, 2.75) is 37.0 Å². The van der Waals surface area contributed by atoms with Crippen LogP contribution in [-0.4, -0.2) is 59.8 Å². The molecule has 27 heavy (non-hydrogen) atoms. The minimum atomic E-state index is -3.54. The summed E-state index contributed by atoms with van der Waals surface area (Å²) in [5, 5.41) is 6.54. The van der Waals surface area contributed by atoms with E-state index in [0.29, 0.717) is 12.5 Å². The van der Waals surface area contributed by atoms with Gasteiger partial charge < -0.3 is 15.4 Å². The second kappa shape index (κ2) is 10.6. The van der Waals surface area contributed by atoms with Crippen molar-refractivity contribution in [1.29, 1.82) is 0 Å². The molecule has 1 aliphatic carbocycles. The maximum Gasteiger partial charge on any atom is 0.242 e. The standard InChI is InChI=1S/C18H31N5O3S/c1-19-17(22-15-18(9-13-26-2)7-3-4-8-18)21-11-12-23-27(24,25)16-6-5-10-20-14-16/h5-6,10,14,23H,3-4,7-9,11-13,15H2,1-2H3,(H2,19,21,22). The van der Waals surface area contributed by atoms with Gasteiger partial charge in [-0.3, -0.25) is 9.98 Å². The summed E-state index contributed by atoms with van der Waals surface area (Å²) in [6.07, 6.45) is 8.83. The number of nitrogens with one attached hydrogen (secondary N) is 3. The van der Waals surface area contributed by atoms with Crippen LogP contribution in [0.5, 0.6) is 0 Å². The van der Waals surface area contributed by atoms with Gasteiger partial charge in [0.05, 0.1) is 0 Å². The summed E-state index contributed by atoms with van der Waals surface area (Å²) < 4.78 is 32.1. The molecule has 0 atom stereocenters. The second-order valence-corrected chi connectivity index (χ2v) is 8.66. The normalized spacial score (nSPS) is 17.0. The fraction of sp³-hybridized carbons (Fsp3) is 0.667. The minimum Gasteiger partial charge on any atom is -0.385 e. The lowest BCUT2D eigenvalue weighted by Gasteiger charge is -2.30. The Morgan fingerprint density at radius 3 is 2.70 bits per heavy atom. The average Bonchev–Trinajstić information content (AvgIpc) is 3.15. The molecule has 1 saturated carbocycles. The van der Waals surface area contributed by atoms with Gasteiger partial charge >= 0.3 is 0 Å². The molecule has 2 rings (SSSR count). The molecule has 0 amide bonds. The number of methoxy groups -OCH3 is 1. The van der Waals surface area contributed by atoms with Crippen LogP contribution in [0, 0.1) is 5.41 Å². The number of nitrogens with zero attached hydrogens (tertiary/aromatic N) is 2. The molecule has 0 saturated heterocycles. The summed E-state index contributed by atoms with van der Waals surface area (Å²) in [6, 6.07) is 3.12. The van der Waals surface area contributed by atoms with Crippen molar-refractivity contribution in [3.05, 3.63) is 24.5 Å². The van der Waals surface area contributed by atoms with Crippen molar-refractivity contribution in [3.8, 4) is 0 Å². The molecule has 0 aliphatic heterocycles. The quantitative estimate of drug-likeness (QED) is 0.310. The largest absolute Gasteiger partial charge is 0.385 e. The molecule has 1 heterocycles. The van der Waals surface area contributed by atoms with E-state index in [9.17, 15) is 8.42 Å². The van der Waals surface area contributed by atoms with Crippen LogP contribution in [0.25, 0.3) is 0 Å². The molecule has 0 radical (unpaired) electrons. The maximum absolute atomic E-state index is 12.2. The van der Waals surface area contributed by atoms with Crippen molar-refractivity contribution in [3.63, 3.8) is 0 Å². The van der Waals surface area contributed by atoms with E-state index in [2.05, 4.69) is 25.3 Å². The van der Waals surface area contributed by atoms with Gasteiger partial charge in [-0.2, -0.15) is 0 Å². The van der Waals surface area contributed by atoms with Crippen LogP contribution in [0.1, 0.15) is 32.1 Å². The second-order valence-electron chi connectivity index (χ2n) is 6.89. The van der Waals surface area contributed by atoms with E-state index >= 15 is 0 Å². The first-order chi connectivity index (χ1) is 13.0. The van der Waals surface area contributed by atoms with Crippen LogP contribution < -0.4 is 15.4 Å². The highest BCUT2D eigenvalue weighted by atomic mass is 32.2. The molecule has 1 fully saturated rings. The van der Waals surface area contributed by atoms with Crippen molar-refractivity contribution in [1.82, 2.24) is 20.3 Å². The molecule has 8 nitrogen and oxygen atoms in total. The molecule has 1 aliphatic rings. The maximum atomic E-state index is 12.2. The van der Waals surface area contributed by atoms with E-state index in [0.717, 1.165) is 19.6 Å². The average molecular weight is 398 g/mol. The lowest BCUT2D eigenvalue weighted by atomic mass is 9.83. The predicted molar refractivity (Wildman–Crippen MR) is 106 cm³/mol. The van der Waals surface area contributed by atoms with Gasteiger partial charge in [0, 0.05) is 52.8 Å². The highest BCUT2D eigenvalue weighted by Gasteiger charge is 2.33. The number of aliphatic imine (C=N–C) groups is 1. The van der Waals surface area contributed by atoms with Crippen LogP contribution in [0.15, 0.2) is 34.4 Å². The van der Waals surface area contributed by atoms with Crippen LogP contribution >= 0.6 is 0 Å². The van der Waals surface area contributed by atoms with E-state index in [4.69, 9.17) is 4.74 Å². The van der Waals surface area contributed by atoms with Crippen molar-refractivity contribution >= 4 is 16.0 Å². The summed E-state index contributed by atoms with van der Waals surface area (Å²) in [7, 11) is -0.0839. The Balaban J connectivity index is 1.75. The van der Waals surface area contributed by atoms with Crippen LogP contribution in [0.2, 0.25) is 0 Å². The van der Waals surface area contributed by atoms with E-state index in [1.54, 1.807) is 26.4 Å². The van der Waals surface area contributed by atoms with Gasteiger partial charge in [-0.25, -0.2) is 13.1 Å². The molecule has 152 valence electrons. The number of hydrogen-bond acceptors (Lipinski definition) is 5. The zero-order valence-electron chi connectivity index (χ0n) is 16.2. The van der Waals surface area contributed by atoms with Crippen LogP contribution in [0.4, 0.5) is 0 Å². The Morgan fingerprint density at radius 1 is 1.30 bits per heavy atom. The van der Waals surface area contributed by atoms with E-state index in [-0.39, 0.29) is 16.9 Å². The van der Waals surface area contributed by atoms with Gasteiger partial charge in [-0.15, -0.1) is 0 Å². The van der Waals surface area contributed by atoms with Crippen LogP contribution in [-0.2, 0) is 14.8 Å². The van der Waals surface area contributed by atoms with Gasteiger partial charge in [-0.1, -0.05) is 12.8 Å². The molecule has 0 spiro atoms. The third kappa shape index (κ3) is 6.75. The summed E-state index contributed by atoms with van der Waals surface area (Å²) in [4.78, 5) is 8.23. The number of hydrogen-bond donors (Lipinski definition) is 3. The van der Waals surface area contributed by atoms with E-state index in [1.807, 2.05) is 0 Å². The minimum absolute atomic E-state index is 0.161. The molecule has 9 heteroatoms.